The molecule has 1 saturated heterocycles. The van der Waals surface area contributed by atoms with Crippen molar-refractivity contribution in [1.29, 1.82) is 0 Å². The predicted octanol–water partition coefficient (Wildman–Crippen LogP) is 3.13. The summed E-state index contributed by atoms with van der Waals surface area (Å²) in [5.74, 6) is 1.03. The first-order valence-electron chi connectivity index (χ1n) is 7.76. The Morgan fingerprint density at radius 3 is 2.55 bits per heavy atom. The highest BCUT2D eigenvalue weighted by Crippen LogP contribution is 2.30. The van der Waals surface area contributed by atoms with Crippen LogP contribution < -0.4 is 10.2 Å². The first kappa shape index (κ1) is 15.2. The molecule has 112 valence electrons. The number of nitrogens with one attached hydrogen (secondary N) is 1. The van der Waals surface area contributed by atoms with Gasteiger partial charge in [0.05, 0.1) is 5.69 Å². The monoisotopic (exact) mass is 276 g/mol. The lowest BCUT2D eigenvalue weighted by atomic mass is 10.1. The summed E-state index contributed by atoms with van der Waals surface area (Å²) in [6, 6.07) is 5.42. The zero-order valence-corrected chi connectivity index (χ0v) is 13.5. The second kappa shape index (κ2) is 6.08. The van der Waals surface area contributed by atoms with Gasteiger partial charge in [0, 0.05) is 24.2 Å². The molecule has 1 aromatic heterocycles. The van der Waals surface area contributed by atoms with E-state index >= 15 is 0 Å². The van der Waals surface area contributed by atoms with Gasteiger partial charge in [0.2, 0.25) is 0 Å². The highest BCUT2D eigenvalue weighted by atomic mass is 15.3. The van der Waals surface area contributed by atoms with Crippen LogP contribution in [0, 0.1) is 0 Å². The first-order chi connectivity index (χ1) is 9.40. The van der Waals surface area contributed by atoms with Gasteiger partial charge < -0.3 is 10.2 Å². The van der Waals surface area contributed by atoms with Crippen LogP contribution in [0.5, 0.6) is 0 Å². The maximum absolute atomic E-state index is 4.45. The zero-order valence-electron chi connectivity index (χ0n) is 13.5. The lowest BCUT2D eigenvalue weighted by molar-refractivity contribution is 0.420. The maximum atomic E-state index is 4.45. The van der Waals surface area contributed by atoms with Gasteiger partial charge in [0.1, 0.15) is 0 Å². The van der Waals surface area contributed by atoms with E-state index in [1.807, 2.05) is 0 Å². The summed E-state index contributed by atoms with van der Waals surface area (Å²) in [6.45, 7) is 11.8. The molecule has 1 aliphatic rings. The van der Waals surface area contributed by atoms with Crippen LogP contribution in [0.25, 0.3) is 0 Å². The van der Waals surface area contributed by atoms with Gasteiger partial charge in [-0.3, -0.25) is 0 Å². The Labute approximate surface area is 123 Å². The van der Waals surface area contributed by atoms with E-state index in [2.05, 4.69) is 67.2 Å². The van der Waals surface area contributed by atoms with E-state index in [0.29, 0.717) is 12.1 Å². The number of rotatable bonds is 4. The van der Waals surface area contributed by atoms with Crippen LogP contribution in [0.2, 0.25) is 0 Å². The van der Waals surface area contributed by atoms with E-state index < -0.39 is 0 Å². The Bertz CT molecular complexity index is 421. The second-order valence-electron chi connectivity index (χ2n) is 6.88. The summed E-state index contributed by atoms with van der Waals surface area (Å²) in [7, 11) is 0. The van der Waals surface area contributed by atoms with Gasteiger partial charge in [0.25, 0.3) is 0 Å². The van der Waals surface area contributed by atoms with Gasteiger partial charge >= 0.3 is 0 Å². The largest absolute Gasteiger partial charge is 0.349 e. The minimum absolute atomic E-state index is 0.108. The Morgan fingerprint density at radius 2 is 2.00 bits per heavy atom. The van der Waals surface area contributed by atoms with Gasteiger partial charge in [-0.05, 0) is 59.1 Å². The number of aromatic nitrogens is 2. The van der Waals surface area contributed by atoms with Crippen LogP contribution in [0.15, 0.2) is 12.1 Å². The Balaban J connectivity index is 2.04. The molecule has 1 aliphatic heterocycles. The van der Waals surface area contributed by atoms with Crippen molar-refractivity contribution in [2.45, 2.75) is 78.0 Å². The molecule has 2 heterocycles. The standard InChI is InChI=1S/C16H28N4/c1-6-14-9-7-12(2)20(14)15-10-8-13(18-19-15)11-17-16(3,4)5/h8,10,12,14,17H,6-7,9,11H2,1-5H3. The second-order valence-corrected chi connectivity index (χ2v) is 6.88. The van der Waals surface area contributed by atoms with E-state index in [4.69, 9.17) is 0 Å². The van der Waals surface area contributed by atoms with E-state index in [0.717, 1.165) is 18.1 Å². The van der Waals surface area contributed by atoms with Crippen molar-refractivity contribution in [1.82, 2.24) is 15.5 Å². The summed E-state index contributed by atoms with van der Waals surface area (Å²) < 4.78 is 0. The fourth-order valence-corrected chi connectivity index (χ4v) is 2.83. The zero-order chi connectivity index (χ0) is 14.8. The smallest absolute Gasteiger partial charge is 0.151 e. The molecule has 20 heavy (non-hydrogen) atoms. The van der Waals surface area contributed by atoms with E-state index in [9.17, 15) is 0 Å². The van der Waals surface area contributed by atoms with Gasteiger partial charge in [-0.15, -0.1) is 5.10 Å². The molecule has 0 aromatic carbocycles. The third kappa shape index (κ3) is 3.69. The average Bonchev–Trinajstić information content (AvgIpc) is 2.77. The molecule has 1 N–H and O–H groups in total. The number of anilines is 1. The van der Waals surface area contributed by atoms with Crippen LogP contribution in [-0.2, 0) is 6.54 Å². The van der Waals surface area contributed by atoms with Gasteiger partial charge in [0.15, 0.2) is 5.82 Å². The van der Waals surface area contributed by atoms with Crippen molar-refractivity contribution < 1.29 is 0 Å². The number of hydrogen-bond acceptors (Lipinski definition) is 4. The maximum Gasteiger partial charge on any atom is 0.151 e. The molecule has 2 rings (SSSR count). The fourth-order valence-electron chi connectivity index (χ4n) is 2.83. The minimum Gasteiger partial charge on any atom is -0.349 e. The molecule has 1 fully saturated rings. The van der Waals surface area contributed by atoms with Crippen LogP contribution in [-0.4, -0.2) is 27.8 Å². The van der Waals surface area contributed by atoms with Crippen molar-refractivity contribution in [2.24, 2.45) is 0 Å². The van der Waals surface area contributed by atoms with Gasteiger partial charge in [-0.25, -0.2) is 0 Å². The Hall–Kier alpha value is -1.16. The summed E-state index contributed by atoms with van der Waals surface area (Å²) in [5.41, 5.74) is 1.11. The summed E-state index contributed by atoms with van der Waals surface area (Å²) >= 11 is 0. The lowest BCUT2D eigenvalue weighted by Gasteiger charge is -2.28. The quantitative estimate of drug-likeness (QED) is 0.917. The predicted molar refractivity (Wildman–Crippen MR) is 83.9 cm³/mol. The molecule has 0 bridgehead atoms. The molecule has 0 amide bonds. The molecular formula is C16H28N4. The highest BCUT2D eigenvalue weighted by Gasteiger charge is 2.30. The molecule has 0 spiro atoms. The summed E-state index contributed by atoms with van der Waals surface area (Å²) in [6.07, 6.45) is 3.71. The fraction of sp³-hybridized carbons (Fsp3) is 0.750. The van der Waals surface area contributed by atoms with E-state index in [-0.39, 0.29) is 5.54 Å². The SMILES string of the molecule is CCC1CCC(C)N1c1ccc(CNC(C)(C)C)nn1. The molecule has 4 nitrogen and oxygen atoms in total. The molecule has 0 aliphatic carbocycles. The molecular weight excluding hydrogens is 248 g/mol. The van der Waals surface area contributed by atoms with Crippen LogP contribution in [0.3, 0.4) is 0 Å². The Kier molecular flexibility index (Phi) is 4.63. The minimum atomic E-state index is 0.108. The Morgan fingerprint density at radius 1 is 1.25 bits per heavy atom. The highest BCUT2D eigenvalue weighted by molar-refractivity contribution is 5.41. The lowest BCUT2D eigenvalue weighted by Crippen LogP contribution is -2.36. The summed E-state index contributed by atoms with van der Waals surface area (Å²) in [5, 5.41) is 12.3. The van der Waals surface area contributed by atoms with Crippen molar-refractivity contribution in [3.63, 3.8) is 0 Å². The average molecular weight is 276 g/mol. The van der Waals surface area contributed by atoms with Crippen molar-refractivity contribution in [3.8, 4) is 0 Å². The molecule has 1 aromatic rings. The van der Waals surface area contributed by atoms with Gasteiger partial charge in [-0.1, -0.05) is 6.92 Å². The number of hydrogen-bond donors (Lipinski definition) is 1. The van der Waals surface area contributed by atoms with Crippen LogP contribution in [0.1, 0.15) is 59.6 Å². The van der Waals surface area contributed by atoms with Crippen LogP contribution >= 0.6 is 0 Å². The van der Waals surface area contributed by atoms with Gasteiger partial charge in [-0.2, -0.15) is 5.10 Å². The summed E-state index contributed by atoms with van der Waals surface area (Å²) in [4.78, 5) is 2.44. The normalized spacial score (nSPS) is 23.4. The molecule has 0 radical (unpaired) electrons. The molecule has 0 saturated carbocycles. The third-order valence-corrected chi connectivity index (χ3v) is 4.03. The topological polar surface area (TPSA) is 41.0 Å². The van der Waals surface area contributed by atoms with E-state index in [1.165, 1.54) is 19.3 Å². The molecule has 4 heteroatoms. The molecule has 2 atom stereocenters. The molecule has 2 unspecified atom stereocenters. The van der Waals surface area contributed by atoms with Crippen LogP contribution in [0.4, 0.5) is 5.82 Å². The number of nitrogens with zero attached hydrogens (tertiary/aromatic N) is 3. The van der Waals surface area contributed by atoms with Crippen molar-refractivity contribution in [2.75, 3.05) is 4.90 Å². The van der Waals surface area contributed by atoms with Crippen molar-refractivity contribution in [3.05, 3.63) is 17.8 Å². The first-order valence-corrected chi connectivity index (χ1v) is 7.76. The van der Waals surface area contributed by atoms with Crippen molar-refractivity contribution >= 4 is 5.82 Å². The third-order valence-electron chi connectivity index (χ3n) is 4.03. The van der Waals surface area contributed by atoms with E-state index in [1.54, 1.807) is 0 Å².